The molecular formula is C29H35ClF6N6. The molecule has 3 aromatic rings. The Bertz CT molecular complexity index is 1330. The Kier molecular flexibility index (Phi) is 9.64. The van der Waals surface area contributed by atoms with Crippen molar-refractivity contribution in [2.75, 3.05) is 23.7 Å². The summed E-state index contributed by atoms with van der Waals surface area (Å²) in [6.45, 7) is 3.79. The van der Waals surface area contributed by atoms with Crippen LogP contribution in [0.15, 0.2) is 30.3 Å². The van der Waals surface area contributed by atoms with E-state index in [1.54, 1.807) is 0 Å². The maximum absolute atomic E-state index is 13.6. The van der Waals surface area contributed by atoms with E-state index in [0.717, 1.165) is 55.7 Å². The second-order valence-corrected chi connectivity index (χ2v) is 11.2. The predicted molar refractivity (Wildman–Crippen MR) is 151 cm³/mol. The molecule has 0 bridgehead atoms. The van der Waals surface area contributed by atoms with Gasteiger partial charge in [0.2, 0.25) is 0 Å². The second-order valence-electron chi connectivity index (χ2n) is 11.2. The molecule has 230 valence electrons. The van der Waals surface area contributed by atoms with E-state index in [2.05, 4.69) is 39.4 Å². The Morgan fingerprint density at radius 2 is 1.52 bits per heavy atom. The van der Waals surface area contributed by atoms with Gasteiger partial charge in [-0.15, -0.1) is 17.5 Å². The monoisotopic (exact) mass is 616 g/mol. The molecule has 1 heterocycles. The summed E-state index contributed by atoms with van der Waals surface area (Å²) in [7, 11) is 0. The first-order valence-electron chi connectivity index (χ1n) is 14.1. The molecule has 1 aromatic heterocycles. The number of benzene rings is 2. The van der Waals surface area contributed by atoms with Crippen molar-refractivity contribution in [1.82, 2.24) is 20.2 Å². The van der Waals surface area contributed by atoms with E-state index in [0.29, 0.717) is 5.92 Å². The molecule has 5 rings (SSSR count). The first-order valence-corrected chi connectivity index (χ1v) is 14.1. The average molecular weight is 617 g/mol. The highest BCUT2D eigenvalue weighted by Gasteiger charge is 2.37. The lowest BCUT2D eigenvalue weighted by Crippen LogP contribution is -2.30. The third kappa shape index (κ3) is 7.30. The summed E-state index contributed by atoms with van der Waals surface area (Å²) < 4.78 is 81.6. The number of nitrogen functional groups attached to an aromatic ring is 1. The molecule has 0 spiro atoms. The second kappa shape index (κ2) is 12.7. The highest BCUT2D eigenvalue weighted by Crippen LogP contribution is 2.39. The maximum atomic E-state index is 13.6. The number of alkyl halides is 6. The van der Waals surface area contributed by atoms with E-state index in [-0.39, 0.29) is 42.8 Å². The van der Waals surface area contributed by atoms with Crippen LogP contribution in [-0.4, -0.2) is 33.3 Å². The van der Waals surface area contributed by atoms with Gasteiger partial charge in [-0.3, -0.25) is 0 Å². The molecule has 0 radical (unpaired) electrons. The van der Waals surface area contributed by atoms with Crippen LogP contribution in [0.25, 0.3) is 0 Å². The lowest BCUT2D eigenvalue weighted by Gasteiger charge is -2.30. The number of fused-ring (bicyclic) bond motifs is 1. The summed E-state index contributed by atoms with van der Waals surface area (Å²) in [6, 6.07) is 5.34. The van der Waals surface area contributed by atoms with E-state index in [4.69, 9.17) is 5.73 Å². The topological polar surface area (TPSA) is 72.9 Å². The molecule has 0 saturated heterocycles. The Morgan fingerprint density at radius 3 is 2.07 bits per heavy atom. The number of tetrazole rings is 1. The predicted octanol–water partition coefficient (Wildman–Crippen LogP) is 7.25. The van der Waals surface area contributed by atoms with Crippen molar-refractivity contribution < 1.29 is 26.3 Å². The summed E-state index contributed by atoms with van der Waals surface area (Å²) in [5, 5.41) is 11.8. The molecule has 1 atom stereocenters. The molecule has 13 heteroatoms. The Morgan fingerprint density at radius 1 is 0.905 bits per heavy atom. The van der Waals surface area contributed by atoms with Gasteiger partial charge in [-0.1, -0.05) is 24.0 Å². The van der Waals surface area contributed by atoms with Crippen LogP contribution < -0.4 is 10.6 Å². The van der Waals surface area contributed by atoms with Crippen molar-refractivity contribution >= 4 is 24.0 Å². The normalized spacial score (nSPS) is 16.4. The minimum Gasteiger partial charge on any atom is -0.371 e. The van der Waals surface area contributed by atoms with Gasteiger partial charge in [0.25, 0.3) is 5.95 Å². The van der Waals surface area contributed by atoms with Crippen molar-refractivity contribution in [2.24, 2.45) is 5.92 Å². The van der Waals surface area contributed by atoms with Gasteiger partial charge in [0.05, 0.1) is 17.2 Å². The fourth-order valence-electron chi connectivity index (χ4n) is 6.31. The maximum Gasteiger partial charge on any atom is 0.416 e. The number of nitrogens with zero attached hydrogens (tertiary/aromatic N) is 5. The number of aryl methyl sites for hydroxylation is 2. The van der Waals surface area contributed by atoms with Gasteiger partial charge in [-0.05, 0) is 110 Å². The third-order valence-electron chi connectivity index (χ3n) is 8.31. The van der Waals surface area contributed by atoms with Crippen LogP contribution in [0.4, 0.5) is 38.0 Å². The summed E-state index contributed by atoms with van der Waals surface area (Å²) >= 11 is 0. The van der Waals surface area contributed by atoms with E-state index in [9.17, 15) is 26.3 Å². The van der Waals surface area contributed by atoms with Crippen molar-refractivity contribution in [2.45, 2.75) is 83.1 Å². The van der Waals surface area contributed by atoms with Gasteiger partial charge >= 0.3 is 12.4 Å². The zero-order valence-electron chi connectivity index (χ0n) is 23.3. The largest absolute Gasteiger partial charge is 0.416 e. The number of aromatic nitrogens is 4. The molecule has 1 saturated carbocycles. The fourth-order valence-corrected chi connectivity index (χ4v) is 6.31. The van der Waals surface area contributed by atoms with Crippen LogP contribution in [0.5, 0.6) is 0 Å². The van der Waals surface area contributed by atoms with Gasteiger partial charge in [-0.2, -0.15) is 31.1 Å². The Labute approximate surface area is 247 Å². The standard InChI is InChI=1S/C29H34F6N6.ClH/c1-2-40(17-18-6-3-4-7-18)26-15-21-9-5-8-20(21)13-22(26)14-25(41-38-27(36)37-39-41)12-19-10-23(28(30,31)32)16-24(11-19)29(33,34)35;/h10-11,13,15-16,18,25H,2-9,12,14,17H2,1H3,(H2,36,38);1H. The lowest BCUT2D eigenvalue weighted by molar-refractivity contribution is -0.143. The molecular weight excluding hydrogens is 582 g/mol. The van der Waals surface area contributed by atoms with E-state index >= 15 is 0 Å². The summed E-state index contributed by atoms with van der Waals surface area (Å²) in [5.74, 6) is 0.468. The quantitative estimate of drug-likeness (QED) is 0.257. The highest BCUT2D eigenvalue weighted by molar-refractivity contribution is 5.85. The Balaban J connectivity index is 0.00000405. The zero-order chi connectivity index (χ0) is 29.4. The molecule has 1 fully saturated rings. The minimum absolute atomic E-state index is 0. The van der Waals surface area contributed by atoms with Gasteiger partial charge in [0.15, 0.2) is 0 Å². The number of halogens is 7. The molecule has 2 aliphatic rings. The molecule has 0 amide bonds. The number of nitrogens with two attached hydrogens (primary N) is 1. The van der Waals surface area contributed by atoms with Crippen LogP contribution in [0, 0.1) is 5.92 Å². The van der Waals surface area contributed by atoms with Crippen LogP contribution in [0.3, 0.4) is 0 Å². The van der Waals surface area contributed by atoms with Crippen molar-refractivity contribution in [3.8, 4) is 0 Å². The number of hydrogen-bond donors (Lipinski definition) is 1. The first kappa shape index (κ1) is 31.9. The fraction of sp³-hybridized carbons (Fsp3) is 0.552. The van der Waals surface area contributed by atoms with Crippen LogP contribution in [-0.2, 0) is 38.0 Å². The molecule has 6 nitrogen and oxygen atoms in total. The van der Waals surface area contributed by atoms with Crippen LogP contribution in [0.1, 0.15) is 78.5 Å². The number of rotatable bonds is 9. The van der Waals surface area contributed by atoms with E-state index < -0.39 is 29.5 Å². The van der Waals surface area contributed by atoms with Crippen molar-refractivity contribution in [3.05, 3.63) is 63.7 Å². The van der Waals surface area contributed by atoms with Gasteiger partial charge in [0, 0.05) is 18.8 Å². The number of hydrogen-bond acceptors (Lipinski definition) is 5. The van der Waals surface area contributed by atoms with Gasteiger partial charge < -0.3 is 10.6 Å². The molecule has 42 heavy (non-hydrogen) atoms. The average Bonchev–Trinajstić information content (AvgIpc) is 3.67. The van der Waals surface area contributed by atoms with Gasteiger partial charge in [0.1, 0.15) is 0 Å². The summed E-state index contributed by atoms with van der Waals surface area (Å²) in [5.41, 5.74) is 7.45. The molecule has 2 aliphatic carbocycles. The van der Waals surface area contributed by atoms with E-state index in [1.807, 2.05) is 0 Å². The molecule has 2 aromatic carbocycles. The molecule has 0 aliphatic heterocycles. The summed E-state index contributed by atoms with van der Waals surface area (Å²) in [4.78, 5) is 3.57. The third-order valence-corrected chi connectivity index (χ3v) is 8.31. The SMILES string of the molecule is CCN(CC1CCCC1)c1cc2c(cc1CC(Cc1cc(C(F)(F)F)cc(C(F)(F)F)c1)n1nnc(N)n1)CCC2.Cl. The lowest BCUT2D eigenvalue weighted by atomic mass is 9.93. The molecule has 2 N–H and O–H groups in total. The molecule has 1 unspecified atom stereocenters. The number of anilines is 2. The van der Waals surface area contributed by atoms with E-state index in [1.165, 1.54) is 41.6 Å². The first-order chi connectivity index (χ1) is 19.4. The zero-order valence-corrected chi connectivity index (χ0v) is 24.1. The summed E-state index contributed by atoms with van der Waals surface area (Å²) in [6.07, 6.45) is -2.00. The van der Waals surface area contributed by atoms with Crippen LogP contribution in [0.2, 0.25) is 0 Å². The van der Waals surface area contributed by atoms with Gasteiger partial charge in [-0.25, -0.2) is 0 Å². The Hall–Kier alpha value is -3.02. The van der Waals surface area contributed by atoms with Crippen molar-refractivity contribution in [3.63, 3.8) is 0 Å². The van der Waals surface area contributed by atoms with Crippen LogP contribution >= 0.6 is 12.4 Å². The van der Waals surface area contributed by atoms with Crippen molar-refractivity contribution in [1.29, 1.82) is 0 Å². The minimum atomic E-state index is -4.93. The highest BCUT2D eigenvalue weighted by atomic mass is 35.5. The smallest absolute Gasteiger partial charge is 0.371 e.